The SMILES string of the molecule is C/C=C1/OC(=O)c2ccc(Oc3c(F)cc(CN(CCC(C)C)C(=O)OCCCC)cc3F)cc2O1. The highest BCUT2D eigenvalue weighted by atomic mass is 19.1. The normalized spacial score (nSPS) is 13.8. The molecule has 0 fully saturated rings. The van der Waals surface area contributed by atoms with Crippen molar-refractivity contribution in [2.75, 3.05) is 13.2 Å². The Hall–Kier alpha value is -3.62. The molecule has 0 N–H and O–H groups in total. The highest BCUT2D eigenvalue weighted by Gasteiger charge is 2.25. The van der Waals surface area contributed by atoms with Crippen LogP contribution in [-0.2, 0) is 16.0 Å². The standard InChI is InChI=1S/C27H31F2NO6/c1-5-7-12-33-27(32)30(11-10-17(3)4)16-18-13-21(28)25(22(29)14-18)34-19-8-9-20-23(15-19)35-24(6-2)36-26(20)31/h6,8-9,13-15,17H,5,7,10-12,16H2,1-4H3/b24-6+. The molecule has 0 saturated heterocycles. The van der Waals surface area contributed by atoms with Crippen molar-refractivity contribution in [2.45, 2.75) is 53.5 Å². The topological polar surface area (TPSA) is 74.3 Å². The minimum absolute atomic E-state index is 0.00149. The molecule has 0 radical (unpaired) electrons. The lowest BCUT2D eigenvalue weighted by Crippen LogP contribution is -2.33. The number of halogens is 2. The number of fused-ring (bicyclic) bond motifs is 1. The van der Waals surface area contributed by atoms with Gasteiger partial charge in [-0.25, -0.2) is 18.4 Å². The zero-order chi connectivity index (χ0) is 26.2. The van der Waals surface area contributed by atoms with Crippen molar-refractivity contribution < 1.29 is 37.3 Å². The van der Waals surface area contributed by atoms with Gasteiger partial charge in [0.2, 0.25) is 0 Å². The summed E-state index contributed by atoms with van der Waals surface area (Å²) in [6, 6.07) is 6.39. The molecule has 0 saturated carbocycles. The molecular formula is C27H31F2NO6. The van der Waals surface area contributed by atoms with E-state index < -0.39 is 29.4 Å². The summed E-state index contributed by atoms with van der Waals surface area (Å²) in [4.78, 5) is 26.0. The number of hydrogen-bond acceptors (Lipinski definition) is 6. The van der Waals surface area contributed by atoms with Crippen LogP contribution in [0.25, 0.3) is 0 Å². The summed E-state index contributed by atoms with van der Waals surface area (Å²) in [5, 5.41) is 0. The number of carbonyl (C=O) groups is 2. The molecule has 3 rings (SSSR count). The largest absolute Gasteiger partial charge is 0.451 e. The van der Waals surface area contributed by atoms with Gasteiger partial charge in [-0.1, -0.05) is 27.2 Å². The number of unbranched alkanes of at least 4 members (excludes halogenated alkanes) is 1. The molecule has 0 aromatic heterocycles. The molecule has 36 heavy (non-hydrogen) atoms. The number of esters is 1. The van der Waals surface area contributed by atoms with Gasteiger partial charge < -0.3 is 23.8 Å². The first kappa shape index (κ1) is 27.0. The molecule has 0 aliphatic carbocycles. The van der Waals surface area contributed by atoms with Crippen LogP contribution >= 0.6 is 0 Å². The van der Waals surface area contributed by atoms with Crippen LogP contribution in [0.2, 0.25) is 0 Å². The van der Waals surface area contributed by atoms with Crippen LogP contribution in [-0.4, -0.2) is 30.1 Å². The minimum Gasteiger partial charge on any atom is -0.451 e. The van der Waals surface area contributed by atoms with E-state index in [1.165, 1.54) is 29.2 Å². The highest BCUT2D eigenvalue weighted by Crippen LogP contribution is 2.35. The van der Waals surface area contributed by atoms with Gasteiger partial charge in [0.05, 0.1) is 6.61 Å². The molecule has 1 aliphatic heterocycles. The van der Waals surface area contributed by atoms with Crippen LogP contribution in [0.3, 0.4) is 0 Å². The molecule has 0 atom stereocenters. The third-order valence-electron chi connectivity index (χ3n) is 5.42. The number of ether oxygens (including phenoxy) is 4. The van der Waals surface area contributed by atoms with Crippen molar-refractivity contribution in [3.05, 3.63) is 65.1 Å². The van der Waals surface area contributed by atoms with Crippen molar-refractivity contribution in [3.63, 3.8) is 0 Å². The fourth-order valence-electron chi connectivity index (χ4n) is 3.40. The maximum absolute atomic E-state index is 14.9. The lowest BCUT2D eigenvalue weighted by molar-refractivity contribution is 0.0406. The molecule has 2 aromatic carbocycles. The van der Waals surface area contributed by atoms with E-state index in [4.69, 9.17) is 18.9 Å². The first-order valence-electron chi connectivity index (χ1n) is 12.0. The zero-order valence-electron chi connectivity index (χ0n) is 20.9. The van der Waals surface area contributed by atoms with Gasteiger partial charge in [0.25, 0.3) is 5.95 Å². The Labute approximate surface area is 209 Å². The van der Waals surface area contributed by atoms with E-state index in [-0.39, 0.29) is 35.1 Å². The molecule has 1 heterocycles. The number of nitrogens with zero attached hydrogens (tertiary/aromatic N) is 1. The minimum atomic E-state index is -0.930. The van der Waals surface area contributed by atoms with Gasteiger partial charge in [-0.05, 0) is 61.6 Å². The quantitative estimate of drug-likeness (QED) is 0.258. The van der Waals surface area contributed by atoms with Gasteiger partial charge >= 0.3 is 12.1 Å². The van der Waals surface area contributed by atoms with E-state index in [1.807, 2.05) is 20.8 Å². The first-order chi connectivity index (χ1) is 17.2. The van der Waals surface area contributed by atoms with E-state index in [0.29, 0.717) is 19.1 Å². The maximum Gasteiger partial charge on any atom is 0.410 e. The maximum atomic E-state index is 14.9. The second kappa shape index (κ2) is 12.4. The molecular weight excluding hydrogens is 472 g/mol. The van der Waals surface area contributed by atoms with E-state index in [9.17, 15) is 18.4 Å². The molecule has 7 nitrogen and oxygen atoms in total. The van der Waals surface area contributed by atoms with Crippen LogP contribution in [0.1, 0.15) is 62.9 Å². The molecule has 1 aliphatic rings. The van der Waals surface area contributed by atoms with Crippen molar-refractivity contribution in [1.82, 2.24) is 4.90 Å². The zero-order valence-corrected chi connectivity index (χ0v) is 20.9. The summed E-state index contributed by atoms with van der Waals surface area (Å²) in [5.74, 6) is -2.51. The van der Waals surface area contributed by atoms with Crippen molar-refractivity contribution in [1.29, 1.82) is 0 Å². The fourth-order valence-corrected chi connectivity index (χ4v) is 3.40. The second-order valence-corrected chi connectivity index (χ2v) is 8.82. The van der Waals surface area contributed by atoms with Crippen molar-refractivity contribution in [3.8, 4) is 17.2 Å². The Balaban J connectivity index is 1.77. The van der Waals surface area contributed by atoms with Gasteiger partial charge in [-0.3, -0.25) is 0 Å². The van der Waals surface area contributed by atoms with E-state index in [0.717, 1.165) is 31.4 Å². The van der Waals surface area contributed by atoms with Gasteiger partial charge in [-0.15, -0.1) is 0 Å². The Morgan fingerprint density at radius 2 is 1.86 bits per heavy atom. The fraction of sp³-hybridized carbons (Fsp3) is 0.407. The lowest BCUT2D eigenvalue weighted by atomic mass is 10.1. The molecule has 194 valence electrons. The summed E-state index contributed by atoms with van der Waals surface area (Å²) >= 11 is 0. The van der Waals surface area contributed by atoms with Crippen molar-refractivity contribution in [2.24, 2.45) is 5.92 Å². The van der Waals surface area contributed by atoms with Crippen LogP contribution in [0.15, 0.2) is 42.4 Å². The van der Waals surface area contributed by atoms with Crippen LogP contribution in [0.5, 0.6) is 17.2 Å². The van der Waals surface area contributed by atoms with E-state index in [2.05, 4.69) is 0 Å². The average molecular weight is 504 g/mol. The first-order valence-corrected chi connectivity index (χ1v) is 12.0. The predicted octanol–water partition coefficient (Wildman–Crippen LogP) is 6.95. The highest BCUT2D eigenvalue weighted by molar-refractivity contribution is 5.94. The van der Waals surface area contributed by atoms with Crippen molar-refractivity contribution >= 4 is 12.1 Å². The average Bonchev–Trinajstić information content (AvgIpc) is 2.83. The predicted molar refractivity (Wildman–Crippen MR) is 129 cm³/mol. The van der Waals surface area contributed by atoms with Crippen LogP contribution in [0, 0.1) is 17.6 Å². The third kappa shape index (κ3) is 6.96. The third-order valence-corrected chi connectivity index (χ3v) is 5.42. The monoisotopic (exact) mass is 503 g/mol. The summed E-state index contributed by atoms with van der Waals surface area (Å²) in [5.41, 5.74) is 0.430. The number of amides is 1. The number of rotatable bonds is 10. The van der Waals surface area contributed by atoms with Gasteiger partial charge in [0.15, 0.2) is 17.4 Å². The van der Waals surface area contributed by atoms with Gasteiger partial charge in [0.1, 0.15) is 17.1 Å². The molecule has 2 aromatic rings. The van der Waals surface area contributed by atoms with E-state index in [1.54, 1.807) is 6.92 Å². The Morgan fingerprint density at radius 3 is 2.50 bits per heavy atom. The Morgan fingerprint density at radius 1 is 1.14 bits per heavy atom. The van der Waals surface area contributed by atoms with Crippen LogP contribution in [0.4, 0.5) is 13.6 Å². The molecule has 0 bridgehead atoms. The molecule has 1 amide bonds. The summed E-state index contributed by atoms with van der Waals surface area (Å²) < 4.78 is 51.0. The number of allylic oxidation sites excluding steroid dienone is 1. The smallest absolute Gasteiger partial charge is 0.410 e. The molecule has 0 spiro atoms. The summed E-state index contributed by atoms with van der Waals surface area (Å²) in [6.45, 7) is 8.36. The summed E-state index contributed by atoms with van der Waals surface area (Å²) in [7, 11) is 0. The summed E-state index contributed by atoms with van der Waals surface area (Å²) in [6.07, 6.45) is 3.30. The lowest BCUT2D eigenvalue weighted by Gasteiger charge is -2.23. The van der Waals surface area contributed by atoms with Gasteiger partial charge in [0, 0.05) is 19.2 Å². The van der Waals surface area contributed by atoms with Crippen LogP contribution < -0.4 is 9.47 Å². The second-order valence-electron chi connectivity index (χ2n) is 8.82. The molecule has 0 unspecified atom stereocenters. The Bertz CT molecular complexity index is 1110. The number of hydrogen-bond donors (Lipinski definition) is 0. The molecule has 9 heteroatoms. The van der Waals surface area contributed by atoms with E-state index >= 15 is 0 Å². The number of cyclic esters (lactones) is 1. The number of carbonyl (C=O) groups excluding carboxylic acids is 2. The van der Waals surface area contributed by atoms with Gasteiger partial charge in [-0.2, -0.15) is 0 Å². The Kier molecular flexibility index (Phi) is 9.27. The number of benzene rings is 2.